The molecular weight excluding hydrogens is 683 g/mol. The van der Waals surface area contributed by atoms with E-state index < -0.39 is 0 Å². The fourth-order valence-corrected chi connectivity index (χ4v) is 5.97. The first-order chi connectivity index (χ1) is 19.8. The topological polar surface area (TPSA) is 0 Å². The minimum atomic E-state index is 0. The molecule has 43 heavy (non-hydrogen) atoms. The first kappa shape index (κ1) is 31.9. The van der Waals surface area contributed by atoms with Crippen LogP contribution in [0.4, 0.5) is 0 Å². The second-order valence-corrected chi connectivity index (χ2v) is 10.6. The van der Waals surface area contributed by atoms with Gasteiger partial charge in [0, 0.05) is 0 Å². The standard InChI is InChI=1S/2C20H15.2CH3.Hf/c2*1-2-8-18-13-15(12-17(18)7-1)14-19-10-5-9-16-6-3-4-11-20(16)19;;;/h2*1-13H,14H2;2*1H3;/q4*-1;+4. The molecule has 0 aromatic heterocycles. The van der Waals surface area contributed by atoms with Crippen LogP contribution in [0.25, 0.3) is 43.1 Å². The zero-order valence-corrected chi connectivity index (χ0v) is 28.5. The number of fused-ring (bicyclic) bond motifs is 4. The van der Waals surface area contributed by atoms with Crippen LogP contribution in [0.2, 0.25) is 0 Å². The largest absolute Gasteiger partial charge is 4.00 e. The van der Waals surface area contributed by atoms with E-state index in [1.54, 1.807) is 0 Å². The number of benzene rings is 6. The van der Waals surface area contributed by atoms with Crippen molar-refractivity contribution in [3.8, 4) is 0 Å². The maximum absolute atomic E-state index is 2.30. The molecule has 0 atom stereocenters. The normalized spacial score (nSPS) is 10.4. The van der Waals surface area contributed by atoms with E-state index in [-0.39, 0.29) is 40.7 Å². The molecule has 208 valence electrons. The van der Waals surface area contributed by atoms with Gasteiger partial charge in [-0.1, -0.05) is 97.1 Å². The van der Waals surface area contributed by atoms with Gasteiger partial charge >= 0.3 is 25.8 Å². The monoisotopic (exact) mass is 720 g/mol. The molecule has 0 saturated carbocycles. The van der Waals surface area contributed by atoms with Crippen molar-refractivity contribution in [3.05, 3.63) is 195 Å². The van der Waals surface area contributed by atoms with E-state index in [0.717, 1.165) is 12.8 Å². The Morgan fingerprint density at radius 3 is 1.14 bits per heavy atom. The molecule has 0 bridgehead atoms. The molecule has 0 spiro atoms. The first-order valence-corrected chi connectivity index (χ1v) is 14.0. The minimum Gasteiger partial charge on any atom is -0.358 e. The molecule has 0 nitrogen and oxygen atoms in total. The molecule has 0 N–H and O–H groups in total. The summed E-state index contributed by atoms with van der Waals surface area (Å²) in [7, 11) is 0. The second kappa shape index (κ2) is 14.4. The van der Waals surface area contributed by atoms with Crippen LogP contribution in [0, 0.1) is 14.9 Å². The Labute approximate surface area is 275 Å². The molecular formula is C42H36Hf. The van der Waals surface area contributed by atoms with E-state index in [0.29, 0.717) is 0 Å². The van der Waals surface area contributed by atoms with Crippen LogP contribution in [-0.4, -0.2) is 0 Å². The molecule has 0 aliphatic carbocycles. The molecule has 8 rings (SSSR count). The van der Waals surface area contributed by atoms with Crippen molar-refractivity contribution in [2.24, 2.45) is 0 Å². The van der Waals surface area contributed by atoms with E-state index in [1.165, 1.54) is 65.3 Å². The summed E-state index contributed by atoms with van der Waals surface area (Å²) in [6.45, 7) is 0. The SMILES string of the molecule is [CH3-].[CH3-].[Hf+4].c1ccc2[cH-]c(Cc3cccc4ccccc34)cc2c1.c1ccc2[cH-]c(Cc3cccc4ccccc34)cc2c1. The Bertz CT molecular complexity index is 1840. The maximum Gasteiger partial charge on any atom is 4.00 e. The fourth-order valence-electron chi connectivity index (χ4n) is 5.97. The van der Waals surface area contributed by atoms with Gasteiger partial charge in [0.15, 0.2) is 0 Å². The summed E-state index contributed by atoms with van der Waals surface area (Å²) in [6, 6.07) is 56.7. The molecule has 8 aromatic carbocycles. The van der Waals surface area contributed by atoms with Crippen LogP contribution < -0.4 is 0 Å². The average molecular weight is 719 g/mol. The van der Waals surface area contributed by atoms with Crippen molar-refractivity contribution in [2.45, 2.75) is 12.8 Å². The van der Waals surface area contributed by atoms with Crippen molar-refractivity contribution < 1.29 is 25.8 Å². The van der Waals surface area contributed by atoms with Gasteiger partial charge in [-0.05, 0) is 45.5 Å². The summed E-state index contributed by atoms with van der Waals surface area (Å²) in [4.78, 5) is 0. The van der Waals surface area contributed by atoms with Crippen molar-refractivity contribution in [1.82, 2.24) is 0 Å². The molecule has 8 aromatic rings. The Morgan fingerprint density at radius 2 is 0.721 bits per heavy atom. The van der Waals surface area contributed by atoms with Crippen molar-refractivity contribution in [2.75, 3.05) is 0 Å². The predicted molar refractivity (Wildman–Crippen MR) is 185 cm³/mol. The fraction of sp³-hybridized carbons (Fsp3) is 0.0476. The molecule has 0 heterocycles. The summed E-state index contributed by atoms with van der Waals surface area (Å²) in [5, 5.41) is 10.7. The summed E-state index contributed by atoms with van der Waals surface area (Å²) >= 11 is 0. The summed E-state index contributed by atoms with van der Waals surface area (Å²) in [5.41, 5.74) is 5.59. The molecule has 0 saturated heterocycles. The van der Waals surface area contributed by atoms with Gasteiger partial charge in [0.1, 0.15) is 0 Å². The number of hydrogen-bond acceptors (Lipinski definition) is 0. The first-order valence-electron chi connectivity index (χ1n) is 14.0. The van der Waals surface area contributed by atoms with Crippen LogP contribution >= 0.6 is 0 Å². The third-order valence-electron chi connectivity index (χ3n) is 7.90. The van der Waals surface area contributed by atoms with Gasteiger partial charge < -0.3 is 14.9 Å². The van der Waals surface area contributed by atoms with Gasteiger partial charge in [-0.25, -0.2) is 0 Å². The Morgan fingerprint density at radius 1 is 0.372 bits per heavy atom. The van der Waals surface area contributed by atoms with Crippen LogP contribution in [0.15, 0.2) is 158 Å². The molecule has 0 aliphatic heterocycles. The zero-order chi connectivity index (χ0) is 26.7. The quantitative estimate of drug-likeness (QED) is 0.126. The molecule has 0 aliphatic rings. The zero-order valence-electron chi connectivity index (χ0n) is 24.9. The Hall–Kier alpha value is -4.07. The molecule has 1 heteroatoms. The predicted octanol–water partition coefficient (Wildman–Crippen LogP) is 11.5. The van der Waals surface area contributed by atoms with E-state index in [2.05, 4.69) is 158 Å². The summed E-state index contributed by atoms with van der Waals surface area (Å²) < 4.78 is 0. The van der Waals surface area contributed by atoms with Crippen LogP contribution in [0.1, 0.15) is 22.3 Å². The van der Waals surface area contributed by atoms with Gasteiger partial charge in [-0.15, -0.1) is 81.2 Å². The van der Waals surface area contributed by atoms with Crippen LogP contribution in [0.5, 0.6) is 0 Å². The van der Waals surface area contributed by atoms with E-state index in [9.17, 15) is 0 Å². The minimum absolute atomic E-state index is 0. The van der Waals surface area contributed by atoms with Gasteiger partial charge in [-0.2, -0.15) is 12.1 Å². The van der Waals surface area contributed by atoms with E-state index in [1.807, 2.05) is 0 Å². The average Bonchev–Trinajstić information content (AvgIpc) is 3.61. The van der Waals surface area contributed by atoms with Gasteiger partial charge in [0.2, 0.25) is 0 Å². The Balaban J connectivity index is 0.000000184. The van der Waals surface area contributed by atoms with Crippen LogP contribution in [-0.2, 0) is 38.7 Å². The third-order valence-corrected chi connectivity index (χ3v) is 7.90. The second-order valence-electron chi connectivity index (χ2n) is 10.6. The molecule has 0 unspecified atom stereocenters. The Kier molecular flexibility index (Phi) is 10.7. The van der Waals surface area contributed by atoms with Gasteiger partial charge in [-0.3, -0.25) is 0 Å². The smallest absolute Gasteiger partial charge is 0.358 e. The molecule has 0 fully saturated rings. The number of hydrogen-bond donors (Lipinski definition) is 0. The van der Waals surface area contributed by atoms with E-state index >= 15 is 0 Å². The molecule has 0 amide bonds. The maximum atomic E-state index is 2.30. The van der Waals surface area contributed by atoms with Crippen molar-refractivity contribution in [3.63, 3.8) is 0 Å². The van der Waals surface area contributed by atoms with Crippen molar-refractivity contribution >= 4 is 43.1 Å². The summed E-state index contributed by atoms with van der Waals surface area (Å²) in [6.07, 6.45) is 1.99. The van der Waals surface area contributed by atoms with Crippen LogP contribution in [0.3, 0.4) is 0 Å². The van der Waals surface area contributed by atoms with E-state index in [4.69, 9.17) is 0 Å². The summed E-state index contributed by atoms with van der Waals surface area (Å²) in [5.74, 6) is 0. The van der Waals surface area contributed by atoms with Gasteiger partial charge in [0.05, 0.1) is 0 Å². The molecule has 0 radical (unpaired) electrons. The third kappa shape index (κ3) is 6.95. The van der Waals surface area contributed by atoms with Gasteiger partial charge in [0.25, 0.3) is 0 Å². The van der Waals surface area contributed by atoms with Crippen molar-refractivity contribution in [1.29, 1.82) is 0 Å². The number of rotatable bonds is 4.